The number of nitrogens with zero attached hydrogens (tertiary/aromatic N) is 5. The van der Waals surface area contributed by atoms with E-state index in [2.05, 4.69) is 25.1 Å². The van der Waals surface area contributed by atoms with Crippen LogP contribution in [0.5, 0.6) is 0 Å². The molecule has 1 N–H and O–H groups in total. The normalized spacial score (nSPS) is 16.8. The zero-order valence-corrected chi connectivity index (χ0v) is 14.7. The van der Waals surface area contributed by atoms with E-state index >= 15 is 0 Å². The quantitative estimate of drug-likeness (QED) is 0.588. The van der Waals surface area contributed by atoms with Crippen molar-refractivity contribution in [2.45, 2.75) is 12.3 Å². The zero-order chi connectivity index (χ0) is 19.1. The lowest BCUT2D eigenvalue weighted by molar-refractivity contribution is 0.0785. The Labute approximate surface area is 158 Å². The number of fused-ring (bicyclic) bond motifs is 1. The maximum absolute atomic E-state index is 13.9. The average molecular weight is 378 g/mol. The first kappa shape index (κ1) is 16.5. The van der Waals surface area contributed by atoms with E-state index in [0.29, 0.717) is 53.6 Å². The summed E-state index contributed by atoms with van der Waals surface area (Å²) in [6.45, 7) is 1.02. The second-order valence-electron chi connectivity index (χ2n) is 6.66. The molecule has 140 valence electrons. The SMILES string of the molecule is O=C(c1cc2c(F)cccc2[nH]1)N1CCC(c2nnc(-c3cnccn3)o2)C1. The van der Waals surface area contributed by atoms with Crippen LogP contribution in [-0.2, 0) is 0 Å². The molecule has 0 aliphatic carbocycles. The number of rotatable bonds is 3. The Balaban J connectivity index is 1.33. The molecule has 1 aliphatic heterocycles. The molecule has 0 bridgehead atoms. The monoisotopic (exact) mass is 378 g/mol. The van der Waals surface area contributed by atoms with Gasteiger partial charge in [-0.05, 0) is 24.6 Å². The fourth-order valence-corrected chi connectivity index (χ4v) is 3.46. The van der Waals surface area contributed by atoms with Gasteiger partial charge in [0.15, 0.2) is 0 Å². The number of aromatic amines is 1. The van der Waals surface area contributed by atoms with Gasteiger partial charge in [-0.1, -0.05) is 6.07 Å². The largest absolute Gasteiger partial charge is 0.419 e. The first-order valence-corrected chi connectivity index (χ1v) is 8.85. The number of H-pyrrole nitrogens is 1. The number of likely N-dealkylation sites (tertiary alicyclic amines) is 1. The van der Waals surface area contributed by atoms with Crippen molar-refractivity contribution in [3.8, 4) is 11.6 Å². The summed E-state index contributed by atoms with van der Waals surface area (Å²) in [4.78, 5) is 25.7. The summed E-state index contributed by atoms with van der Waals surface area (Å²) >= 11 is 0. The van der Waals surface area contributed by atoms with Crippen LogP contribution in [0.15, 0.2) is 47.3 Å². The van der Waals surface area contributed by atoms with Gasteiger partial charge in [-0.3, -0.25) is 9.78 Å². The highest BCUT2D eigenvalue weighted by Crippen LogP contribution is 2.29. The van der Waals surface area contributed by atoms with Crippen molar-refractivity contribution in [3.05, 3.63) is 60.3 Å². The summed E-state index contributed by atoms with van der Waals surface area (Å²) in [6.07, 6.45) is 5.38. The summed E-state index contributed by atoms with van der Waals surface area (Å²) in [5.41, 5.74) is 1.48. The Kier molecular flexibility index (Phi) is 3.85. The van der Waals surface area contributed by atoms with Gasteiger partial charge in [-0.2, -0.15) is 0 Å². The number of hydrogen-bond donors (Lipinski definition) is 1. The Morgan fingerprint density at radius 2 is 2.21 bits per heavy atom. The summed E-state index contributed by atoms with van der Waals surface area (Å²) in [7, 11) is 0. The molecule has 1 unspecified atom stereocenters. The number of halogens is 1. The van der Waals surface area contributed by atoms with Crippen LogP contribution in [0.25, 0.3) is 22.5 Å². The second kappa shape index (κ2) is 6.52. The molecule has 28 heavy (non-hydrogen) atoms. The average Bonchev–Trinajstić information content (AvgIpc) is 3.46. The molecule has 8 nitrogen and oxygen atoms in total. The predicted molar refractivity (Wildman–Crippen MR) is 96.8 cm³/mol. The van der Waals surface area contributed by atoms with E-state index in [4.69, 9.17) is 4.42 Å². The highest BCUT2D eigenvalue weighted by atomic mass is 19.1. The molecule has 0 radical (unpaired) electrons. The highest BCUT2D eigenvalue weighted by Gasteiger charge is 2.32. The predicted octanol–water partition coefficient (Wildman–Crippen LogP) is 2.78. The second-order valence-corrected chi connectivity index (χ2v) is 6.66. The molecular formula is C19H15FN6O2. The molecule has 0 spiro atoms. The smallest absolute Gasteiger partial charge is 0.270 e. The van der Waals surface area contributed by atoms with E-state index in [-0.39, 0.29) is 17.6 Å². The molecule has 1 atom stereocenters. The lowest BCUT2D eigenvalue weighted by Crippen LogP contribution is -2.28. The van der Waals surface area contributed by atoms with Gasteiger partial charge < -0.3 is 14.3 Å². The molecular weight excluding hydrogens is 363 g/mol. The lowest BCUT2D eigenvalue weighted by atomic mass is 10.1. The van der Waals surface area contributed by atoms with Gasteiger partial charge in [0.25, 0.3) is 11.8 Å². The van der Waals surface area contributed by atoms with Crippen LogP contribution in [0.4, 0.5) is 4.39 Å². The number of hydrogen-bond acceptors (Lipinski definition) is 6. The van der Waals surface area contributed by atoms with Crippen LogP contribution in [-0.4, -0.2) is 49.0 Å². The van der Waals surface area contributed by atoms with Crippen LogP contribution < -0.4 is 0 Å². The van der Waals surface area contributed by atoms with Crippen LogP contribution in [0.1, 0.15) is 28.7 Å². The molecule has 4 aromatic rings. The van der Waals surface area contributed by atoms with Gasteiger partial charge in [0.1, 0.15) is 17.2 Å². The Bertz CT molecular complexity index is 1160. The third kappa shape index (κ3) is 2.81. The van der Waals surface area contributed by atoms with Gasteiger partial charge >= 0.3 is 0 Å². The number of nitrogens with one attached hydrogen (secondary N) is 1. The summed E-state index contributed by atoms with van der Waals surface area (Å²) < 4.78 is 19.6. The Hall–Kier alpha value is -3.62. The van der Waals surface area contributed by atoms with Crippen molar-refractivity contribution < 1.29 is 13.6 Å². The molecule has 5 rings (SSSR count). The molecule has 3 aromatic heterocycles. The zero-order valence-electron chi connectivity index (χ0n) is 14.7. The number of carbonyl (C=O) groups is 1. The molecule has 1 amide bonds. The summed E-state index contributed by atoms with van der Waals surface area (Å²) in [5, 5.41) is 8.54. The highest BCUT2D eigenvalue weighted by molar-refractivity contribution is 5.98. The molecule has 0 saturated carbocycles. The third-order valence-electron chi connectivity index (χ3n) is 4.89. The minimum atomic E-state index is -0.352. The number of amides is 1. The van der Waals surface area contributed by atoms with E-state index < -0.39 is 0 Å². The molecule has 1 saturated heterocycles. The van der Waals surface area contributed by atoms with Crippen molar-refractivity contribution in [2.24, 2.45) is 0 Å². The topological polar surface area (TPSA) is 101 Å². The van der Waals surface area contributed by atoms with Crippen LogP contribution in [0.2, 0.25) is 0 Å². The van der Waals surface area contributed by atoms with Gasteiger partial charge in [0.05, 0.1) is 12.1 Å². The molecule has 1 fully saturated rings. The number of carbonyl (C=O) groups excluding carboxylic acids is 1. The van der Waals surface area contributed by atoms with Gasteiger partial charge in [-0.25, -0.2) is 9.37 Å². The number of benzene rings is 1. The molecule has 4 heterocycles. The fraction of sp³-hybridized carbons (Fsp3) is 0.211. The van der Waals surface area contributed by atoms with Crippen molar-refractivity contribution in [1.82, 2.24) is 30.0 Å². The Morgan fingerprint density at radius 3 is 3.04 bits per heavy atom. The van der Waals surface area contributed by atoms with Crippen molar-refractivity contribution in [2.75, 3.05) is 13.1 Å². The van der Waals surface area contributed by atoms with Crippen LogP contribution in [0, 0.1) is 5.82 Å². The minimum absolute atomic E-state index is 0.0528. The first-order chi connectivity index (χ1) is 13.7. The standard InChI is InChI=1S/C19H15FN6O2/c20-13-2-1-3-14-12(13)8-15(23-14)19(27)26-7-4-11(10-26)17-24-25-18(28-17)16-9-21-5-6-22-16/h1-3,5-6,8-9,11,23H,4,7,10H2. The molecule has 1 aliphatic rings. The van der Waals surface area contributed by atoms with Crippen molar-refractivity contribution in [1.29, 1.82) is 0 Å². The maximum atomic E-state index is 13.9. The van der Waals surface area contributed by atoms with Crippen LogP contribution >= 0.6 is 0 Å². The fourth-order valence-electron chi connectivity index (χ4n) is 3.46. The molecule has 9 heteroatoms. The third-order valence-corrected chi connectivity index (χ3v) is 4.89. The van der Waals surface area contributed by atoms with Gasteiger partial charge in [-0.15, -0.1) is 10.2 Å². The first-order valence-electron chi connectivity index (χ1n) is 8.85. The van der Waals surface area contributed by atoms with E-state index in [1.54, 1.807) is 41.7 Å². The van der Waals surface area contributed by atoms with Gasteiger partial charge in [0, 0.05) is 36.4 Å². The van der Waals surface area contributed by atoms with E-state index in [1.165, 1.54) is 6.07 Å². The van der Waals surface area contributed by atoms with Gasteiger partial charge in [0.2, 0.25) is 5.89 Å². The number of aromatic nitrogens is 5. The minimum Gasteiger partial charge on any atom is -0.419 e. The van der Waals surface area contributed by atoms with Crippen LogP contribution in [0.3, 0.4) is 0 Å². The Morgan fingerprint density at radius 1 is 1.29 bits per heavy atom. The maximum Gasteiger partial charge on any atom is 0.270 e. The van der Waals surface area contributed by atoms with Crippen molar-refractivity contribution in [3.63, 3.8) is 0 Å². The molecule has 1 aromatic carbocycles. The summed E-state index contributed by atoms with van der Waals surface area (Å²) in [6, 6.07) is 6.28. The van der Waals surface area contributed by atoms with E-state index in [1.807, 2.05) is 0 Å². The lowest BCUT2D eigenvalue weighted by Gasteiger charge is -2.14. The van der Waals surface area contributed by atoms with E-state index in [0.717, 1.165) is 0 Å². The van der Waals surface area contributed by atoms with Crippen molar-refractivity contribution >= 4 is 16.8 Å². The van der Waals surface area contributed by atoms with E-state index in [9.17, 15) is 9.18 Å². The summed E-state index contributed by atoms with van der Waals surface area (Å²) in [5.74, 6) is 0.196.